The number of nitrogens with one attached hydrogen (secondary N) is 1. The number of ether oxygens (including phenoxy) is 4. The molecule has 25 heavy (non-hydrogen) atoms. The highest BCUT2D eigenvalue weighted by Crippen LogP contribution is 2.33. The van der Waals surface area contributed by atoms with Crippen molar-refractivity contribution in [1.82, 2.24) is 15.2 Å². The summed E-state index contributed by atoms with van der Waals surface area (Å²) in [4.78, 5) is 4.55. The first-order valence-electron chi connectivity index (χ1n) is 7.57. The van der Waals surface area contributed by atoms with E-state index >= 15 is 0 Å². The Hall–Kier alpha value is -3.22. The molecule has 0 aliphatic heterocycles. The SMILES string of the molecule is COc1ccc(-c2n[nH]c(-c3ccc(OC)c(OC)c3)n2)cc1OC. The van der Waals surface area contributed by atoms with E-state index in [2.05, 4.69) is 15.2 Å². The Morgan fingerprint density at radius 3 is 1.76 bits per heavy atom. The molecule has 3 rings (SSSR count). The molecule has 0 fully saturated rings. The van der Waals surface area contributed by atoms with E-state index in [0.29, 0.717) is 34.6 Å². The van der Waals surface area contributed by atoms with Crippen molar-refractivity contribution in [3.63, 3.8) is 0 Å². The van der Waals surface area contributed by atoms with Gasteiger partial charge in [0.2, 0.25) is 0 Å². The lowest BCUT2D eigenvalue weighted by Crippen LogP contribution is -1.92. The Morgan fingerprint density at radius 1 is 0.680 bits per heavy atom. The van der Waals surface area contributed by atoms with Crippen LogP contribution < -0.4 is 18.9 Å². The predicted octanol–water partition coefficient (Wildman–Crippen LogP) is 3.17. The van der Waals surface area contributed by atoms with Crippen LogP contribution in [0.4, 0.5) is 0 Å². The molecule has 0 saturated carbocycles. The molecule has 130 valence electrons. The van der Waals surface area contributed by atoms with Crippen molar-refractivity contribution in [1.29, 1.82) is 0 Å². The largest absolute Gasteiger partial charge is 0.493 e. The van der Waals surface area contributed by atoms with Crippen LogP contribution in [0, 0.1) is 0 Å². The molecule has 0 radical (unpaired) electrons. The van der Waals surface area contributed by atoms with E-state index in [1.165, 1.54) is 0 Å². The number of nitrogens with zero attached hydrogens (tertiary/aromatic N) is 2. The quantitative estimate of drug-likeness (QED) is 0.742. The van der Waals surface area contributed by atoms with E-state index < -0.39 is 0 Å². The Kier molecular flexibility index (Phi) is 4.74. The molecule has 0 spiro atoms. The topological polar surface area (TPSA) is 78.5 Å². The Bertz CT molecular complexity index is 807. The molecule has 0 unspecified atom stereocenters. The molecule has 0 bridgehead atoms. The second-order valence-electron chi connectivity index (χ2n) is 5.15. The van der Waals surface area contributed by atoms with Crippen LogP contribution in [0.25, 0.3) is 22.8 Å². The maximum absolute atomic E-state index is 5.33. The third kappa shape index (κ3) is 3.21. The van der Waals surface area contributed by atoms with E-state index in [-0.39, 0.29) is 0 Å². The van der Waals surface area contributed by atoms with Crippen LogP contribution in [0.3, 0.4) is 0 Å². The van der Waals surface area contributed by atoms with Gasteiger partial charge in [0.25, 0.3) is 0 Å². The van der Waals surface area contributed by atoms with Crippen molar-refractivity contribution >= 4 is 0 Å². The number of aromatic amines is 1. The summed E-state index contributed by atoms with van der Waals surface area (Å²) < 4.78 is 21.2. The van der Waals surface area contributed by atoms with Gasteiger partial charge in [-0.1, -0.05) is 0 Å². The average molecular weight is 341 g/mol. The van der Waals surface area contributed by atoms with Gasteiger partial charge in [-0.3, -0.25) is 5.10 Å². The highest BCUT2D eigenvalue weighted by Gasteiger charge is 2.13. The van der Waals surface area contributed by atoms with Crippen LogP contribution in [0.5, 0.6) is 23.0 Å². The number of hydrogen-bond donors (Lipinski definition) is 1. The summed E-state index contributed by atoms with van der Waals surface area (Å²) in [6.07, 6.45) is 0. The molecule has 1 heterocycles. The van der Waals surface area contributed by atoms with Gasteiger partial charge < -0.3 is 18.9 Å². The van der Waals surface area contributed by atoms with Gasteiger partial charge in [-0.25, -0.2) is 4.98 Å². The minimum atomic E-state index is 0.561. The average Bonchev–Trinajstić information content (AvgIpc) is 3.17. The number of hydrogen-bond acceptors (Lipinski definition) is 6. The summed E-state index contributed by atoms with van der Waals surface area (Å²) in [5, 5.41) is 7.23. The van der Waals surface area contributed by atoms with Crippen molar-refractivity contribution in [2.45, 2.75) is 0 Å². The van der Waals surface area contributed by atoms with Gasteiger partial charge in [0, 0.05) is 11.1 Å². The first kappa shape index (κ1) is 16.6. The van der Waals surface area contributed by atoms with E-state index in [9.17, 15) is 0 Å². The van der Waals surface area contributed by atoms with Crippen molar-refractivity contribution in [2.24, 2.45) is 0 Å². The van der Waals surface area contributed by atoms with Crippen LogP contribution in [0.15, 0.2) is 36.4 Å². The van der Waals surface area contributed by atoms with Gasteiger partial charge in [0.05, 0.1) is 28.4 Å². The third-order valence-electron chi connectivity index (χ3n) is 3.78. The number of rotatable bonds is 6. The molecular formula is C18H19N3O4. The van der Waals surface area contributed by atoms with Crippen LogP contribution in [-0.4, -0.2) is 43.6 Å². The Morgan fingerprint density at radius 2 is 1.20 bits per heavy atom. The maximum Gasteiger partial charge on any atom is 0.181 e. The molecule has 0 aliphatic rings. The summed E-state index contributed by atoms with van der Waals surface area (Å²) >= 11 is 0. The second kappa shape index (κ2) is 7.12. The van der Waals surface area contributed by atoms with E-state index in [4.69, 9.17) is 18.9 Å². The van der Waals surface area contributed by atoms with Crippen LogP contribution in [-0.2, 0) is 0 Å². The third-order valence-corrected chi connectivity index (χ3v) is 3.78. The smallest absolute Gasteiger partial charge is 0.181 e. The summed E-state index contributed by atoms with van der Waals surface area (Å²) in [6, 6.07) is 11.1. The molecule has 0 aliphatic carbocycles. The summed E-state index contributed by atoms with van der Waals surface area (Å²) in [7, 11) is 6.38. The fraction of sp³-hybridized carbons (Fsp3) is 0.222. The van der Waals surface area contributed by atoms with Gasteiger partial charge in [-0.05, 0) is 36.4 Å². The highest BCUT2D eigenvalue weighted by atomic mass is 16.5. The first-order valence-corrected chi connectivity index (χ1v) is 7.57. The second-order valence-corrected chi connectivity index (χ2v) is 5.15. The zero-order valence-corrected chi connectivity index (χ0v) is 14.5. The highest BCUT2D eigenvalue weighted by molar-refractivity contribution is 5.66. The molecule has 1 N–H and O–H groups in total. The van der Waals surface area contributed by atoms with Crippen LogP contribution >= 0.6 is 0 Å². The minimum Gasteiger partial charge on any atom is -0.493 e. The molecule has 7 heteroatoms. The van der Waals surface area contributed by atoms with Gasteiger partial charge in [-0.15, -0.1) is 0 Å². The fourth-order valence-electron chi connectivity index (χ4n) is 2.48. The molecule has 0 saturated heterocycles. The number of methoxy groups -OCH3 is 4. The fourth-order valence-corrected chi connectivity index (χ4v) is 2.48. The van der Waals surface area contributed by atoms with E-state index in [0.717, 1.165) is 11.1 Å². The Balaban J connectivity index is 1.95. The number of benzene rings is 2. The van der Waals surface area contributed by atoms with Crippen molar-refractivity contribution < 1.29 is 18.9 Å². The lowest BCUT2D eigenvalue weighted by atomic mass is 10.1. The van der Waals surface area contributed by atoms with Gasteiger partial charge in [0.15, 0.2) is 34.6 Å². The number of aromatic nitrogens is 3. The summed E-state index contributed by atoms with van der Waals surface area (Å²) in [6.45, 7) is 0. The van der Waals surface area contributed by atoms with E-state index in [1.807, 2.05) is 36.4 Å². The van der Waals surface area contributed by atoms with Crippen molar-refractivity contribution in [3.8, 4) is 45.8 Å². The van der Waals surface area contributed by atoms with Crippen molar-refractivity contribution in [2.75, 3.05) is 28.4 Å². The first-order chi connectivity index (χ1) is 12.2. The molecule has 1 aromatic heterocycles. The van der Waals surface area contributed by atoms with Gasteiger partial charge in [0.1, 0.15) is 0 Å². The predicted molar refractivity (Wildman–Crippen MR) is 93.5 cm³/mol. The van der Waals surface area contributed by atoms with Crippen LogP contribution in [0.2, 0.25) is 0 Å². The van der Waals surface area contributed by atoms with Gasteiger partial charge >= 0.3 is 0 Å². The van der Waals surface area contributed by atoms with Crippen LogP contribution in [0.1, 0.15) is 0 Å². The molecule has 0 atom stereocenters. The molecular weight excluding hydrogens is 322 g/mol. The van der Waals surface area contributed by atoms with Gasteiger partial charge in [-0.2, -0.15) is 5.10 Å². The molecule has 0 amide bonds. The zero-order valence-electron chi connectivity index (χ0n) is 14.5. The lowest BCUT2D eigenvalue weighted by molar-refractivity contribution is 0.355. The number of H-pyrrole nitrogens is 1. The summed E-state index contributed by atoms with van der Waals surface area (Å²) in [5.41, 5.74) is 1.66. The minimum absolute atomic E-state index is 0.561. The lowest BCUT2D eigenvalue weighted by Gasteiger charge is -2.08. The Labute approximate surface area is 145 Å². The molecule has 2 aromatic carbocycles. The molecule has 3 aromatic rings. The maximum atomic E-state index is 5.33. The standard InChI is InChI=1S/C18H19N3O4/c1-22-13-7-5-11(9-15(13)24-3)17-19-18(21-20-17)12-6-8-14(23-2)16(10-12)25-4/h5-10H,1-4H3,(H,19,20,21). The monoisotopic (exact) mass is 341 g/mol. The van der Waals surface area contributed by atoms with E-state index in [1.54, 1.807) is 28.4 Å². The normalized spacial score (nSPS) is 10.4. The summed E-state index contributed by atoms with van der Waals surface area (Å²) in [5.74, 6) is 3.76. The molecule has 7 nitrogen and oxygen atoms in total. The zero-order chi connectivity index (χ0) is 17.8. The van der Waals surface area contributed by atoms with Crippen molar-refractivity contribution in [3.05, 3.63) is 36.4 Å².